The lowest BCUT2D eigenvalue weighted by atomic mass is 10.2. The van der Waals surface area contributed by atoms with Crippen molar-refractivity contribution in [3.05, 3.63) is 58.0 Å². The van der Waals surface area contributed by atoms with E-state index in [-0.39, 0.29) is 29.9 Å². The zero-order valence-corrected chi connectivity index (χ0v) is 18.1. The van der Waals surface area contributed by atoms with Crippen LogP contribution >= 0.6 is 47.2 Å². The van der Waals surface area contributed by atoms with Crippen LogP contribution in [0.15, 0.2) is 46.0 Å². The van der Waals surface area contributed by atoms with Crippen molar-refractivity contribution in [2.24, 2.45) is 4.99 Å². The lowest BCUT2D eigenvalue weighted by Crippen LogP contribution is -2.41. The standard InChI is InChI=1S/C17H20Cl2N4O2.HI/c1-2-20-17(23-11-13-4-3-9-25-13)22-8-7-21-16(24)12-5-6-14(18)15(19)10-12;/h3-6,9-10H,2,7-8,11H2,1H3,(H,21,24)(H2,20,22,23);1H. The van der Waals surface area contributed by atoms with Gasteiger partial charge in [-0.15, -0.1) is 24.0 Å². The molecule has 142 valence electrons. The average molecular weight is 511 g/mol. The van der Waals surface area contributed by atoms with Gasteiger partial charge >= 0.3 is 0 Å². The van der Waals surface area contributed by atoms with E-state index in [1.807, 2.05) is 19.1 Å². The van der Waals surface area contributed by atoms with Crippen LogP contribution in [0.3, 0.4) is 0 Å². The summed E-state index contributed by atoms with van der Waals surface area (Å²) in [6, 6.07) is 8.46. The van der Waals surface area contributed by atoms with E-state index in [9.17, 15) is 4.79 Å². The molecule has 0 fully saturated rings. The molecule has 1 aromatic carbocycles. The van der Waals surface area contributed by atoms with E-state index in [0.717, 1.165) is 12.3 Å². The number of halogens is 3. The van der Waals surface area contributed by atoms with Crippen LogP contribution in [-0.4, -0.2) is 31.5 Å². The number of aliphatic imine (C=N–C) groups is 1. The average Bonchev–Trinajstić information content (AvgIpc) is 3.12. The first-order valence-corrected chi connectivity index (χ1v) is 8.63. The number of rotatable bonds is 7. The fourth-order valence-electron chi connectivity index (χ4n) is 2.00. The second-order valence-electron chi connectivity index (χ2n) is 5.09. The van der Waals surface area contributed by atoms with Gasteiger partial charge < -0.3 is 20.4 Å². The molecule has 1 heterocycles. The number of guanidine groups is 1. The van der Waals surface area contributed by atoms with Crippen LogP contribution in [0.1, 0.15) is 23.0 Å². The first-order chi connectivity index (χ1) is 12.1. The van der Waals surface area contributed by atoms with Crippen molar-refractivity contribution >= 4 is 59.0 Å². The normalized spacial score (nSPS) is 10.8. The molecule has 2 rings (SSSR count). The zero-order valence-electron chi connectivity index (χ0n) is 14.2. The third kappa shape index (κ3) is 7.43. The van der Waals surface area contributed by atoms with Gasteiger partial charge in [0.15, 0.2) is 5.96 Å². The van der Waals surface area contributed by atoms with Crippen LogP contribution in [0, 0.1) is 0 Å². The number of hydrogen-bond donors (Lipinski definition) is 3. The minimum Gasteiger partial charge on any atom is -0.467 e. The monoisotopic (exact) mass is 510 g/mol. The number of hydrogen-bond acceptors (Lipinski definition) is 3. The maximum absolute atomic E-state index is 12.1. The molecule has 3 N–H and O–H groups in total. The van der Waals surface area contributed by atoms with Gasteiger partial charge in [0.2, 0.25) is 0 Å². The maximum atomic E-state index is 12.1. The molecule has 2 aromatic rings. The maximum Gasteiger partial charge on any atom is 0.251 e. The quantitative estimate of drug-likeness (QED) is 0.230. The Morgan fingerprint density at radius 3 is 2.54 bits per heavy atom. The number of carbonyl (C=O) groups is 1. The molecule has 0 aliphatic rings. The molecule has 0 aliphatic carbocycles. The van der Waals surface area contributed by atoms with E-state index in [1.165, 1.54) is 0 Å². The Bertz CT molecular complexity index is 724. The van der Waals surface area contributed by atoms with Gasteiger partial charge in [0.25, 0.3) is 5.91 Å². The number of furan rings is 1. The van der Waals surface area contributed by atoms with E-state index in [2.05, 4.69) is 20.9 Å². The summed E-state index contributed by atoms with van der Waals surface area (Å²) in [4.78, 5) is 16.5. The molecule has 0 saturated heterocycles. The van der Waals surface area contributed by atoms with E-state index in [1.54, 1.807) is 24.5 Å². The molecule has 1 amide bonds. The summed E-state index contributed by atoms with van der Waals surface area (Å²) in [6.45, 7) is 4.12. The Labute approximate surface area is 179 Å². The molecule has 0 saturated carbocycles. The molecule has 6 nitrogen and oxygen atoms in total. The smallest absolute Gasteiger partial charge is 0.251 e. The van der Waals surface area contributed by atoms with Gasteiger partial charge in [0.05, 0.1) is 16.3 Å². The highest BCUT2D eigenvalue weighted by atomic mass is 127. The Morgan fingerprint density at radius 1 is 1.12 bits per heavy atom. The summed E-state index contributed by atoms with van der Waals surface area (Å²) < 4.78 is 5.25. The topological polar surface area (TPSA) is 78.7 Å². The first kappa shape index (κ1) is 22.6. The largest absolute Gasteiger partial charge is 0.467 e. The highest BCUT2D eigenvalue weighted by Crippen LogP contribution is 2.22. The van der Waals surface area contributed by atoms with Crippen molar-refractivity contribution in [2.75, 3.05) is 19.6 Å². The second-order valence-corrected chi connectivity index (χ2v) is 5.90. The zero-order chi connectivity index (χ0) is 18.1. The number of benzene rings is 1. The minimum atomic E-state index is -0.210. The highest BCUT2D eigenvalue weighted by Gasteiger charge is 2.07. The fraction of sp³-hybridized carbons (Fsp3) is 0.294. The van der Waals surface area contributed by atoms with E-state index in [0.29, 0.717) is 41.2 Å². The SMILES string of the molecule is CCNC(=NCc1ccco1)NCCNC(=O)c1ccc(Cl)c(Cl)c1.I. The van der Waals surface area contributed by atoms with E-state index >= 15 is 0 Å². The first-order valence-electron chi connectivity index (χ1n) is 7.88. The van der Waals surface area contributed by atoms with Crippen molar-refractivity contribution in [3.63, 3.8) is 0 Å². The van der Waals surface area contributed by atoms with Gasteiger partial charge in [-0.3, -0.25) is 4.79 Å². The molecule has 0 spiro atoms. The molecule has 0 aliphatic heterocycles. The van der Waals surface area contributed by atoms with Crippen LogP contribution in [0.25, 0.3) is 0 Å². The molecular weight excluding hydrogens is 490 g/mol. The van der Waals surface area contributed by atoms with Gasteiger partial charge in [-0.25, -0.2) is 4.99 Å². The van der Waals surface area contributed by atoms with Crippen LogP contribution in [-0.2, 0) is 6.54 Å². The number of nitrogens with one attached hydrogen (secondary N) is 3. The predicted molar refractivity (Wildman–Crippen MR) is 116 cm³/mol. The molecule has 26 heavy (non-hydrogen) atoms. The Hall–Kier alpha value is -1.45. The summed E-state index contributed by atoms with van der Waals surface area (Å²) in [6.07, 6.45) is 1.61. The lowest BCUT2D eigenvalue weighted by Gasteiger charge is -2.11. The minimum absolute atomic E-state index is 0. The van der Waals surface area contributed by atoms with Crippen molar-refractivity contribution in [2.45, 2.75) is 13.5 Å². The van der Waals surface area contributed by atoms with Crippen molar-refractivity contribution in [3.8, 4) is 0 Å². The fourth-order valence-corrected chi connectivity index (χ4v) is 2.30. The van der Waals surface area contributed by atoms with Crippen LogP contribution in [0.5, 0.6) is 0 Å². The van der Waals surface area contributed by atoms with Gasteiger partial charge in [-0.05, 0) is 37.3 Å². The number of carbonyl (C=O) groups excluding carboxylic acids is 1. The van der Waals surface area contributed by atoms with Crippen molar-refractivity contribution < 1.29 is 9.21 Å². The molecule has 0 unspecified atom stereocenters. The Kier molecular flexibility index (Phi) is 10.5. The molecule has 0 atom stereocenters. The number of amides is 1. The lowest BCUT2D eigenvalue weighted by molar-refractivity contribution is 0.0954. The van der Waals surface area contributed by atoms with Gasteiger partial charge in [-0.1, -0.05) is 23.2 Å². The molecular formula is C17H21Cl2IN4O2. The molecule has 0 bridgehead atoms. The van der Waals surface area contributed by atoms with E-state index in [4.69, 9.17) is 27.6 Å². The summed E-state index contributed by atoms with van der Waals surface area (Å²) in [5.41, 5.74) is 0.466. The van der Waals surface area contributed by atoms with Gasteiger partial charge in [0, 0.05) is 25.2 Å². The Morgan fingerprint density at radius 2 is 1.88 bits per heavy atom. The van der Waals surface area contributed by atoms with Crippen LogP contribution < -0.4 is 16.0 Å². The molecule has 9 heteroatoms. The Balaban J connectivity index is 0.00000338. The molecule has 0 radical (unpaired) electrons. The number of nitrogens with zero attached hydrogens (tertiary/aromatic N) is 1. The van der Waals surface area contributed by atoms with Gasteiger partial charge in [-0.2, -0.15) is 0 Å². The summed E-state index contributed by atoms with van der Waals surface area (Å²) >= 11 is 11.8. The third-order valence-corrected chi connectivity index (χ3v) is 3.94. The predicted octanol–water partition coefficient (Wildman–Crippen LogP) is 3.69. The third-order valence-electron chi connectivity index (χ3n) is 3.20. The van der Waals surface area contributed by atoms with Crippen LogP contribution in [0.4, 0.5) is 0 Å². The molecule has 1 aromatic heterocycles. The summed E-state index contributed by atoms with van der Waals surface area (Å²) in [5.74, 6) is 1.23. The van der Waals surface area contributed by atoms with Crippen molar-refractivity contribution in [1.29, 1.82) is 0 Å². The van der Waals surface area contributed by atoms with Crippen molar-refractivity contribution in [1.82, 2.24) is 16.0 Å². The summed E-state index contributed by atoms with van der Waals surface area (Å²) in [5, 5.41) is 9.86. The van der Waals surface area contributed by atoms with E-state index < -0.39 is 0 Å². The second kappa shape index (κ2) is 12.0. The summed E-state index contributed by atoms with van der Waals surface area (Å²) in [7, 11) is 0. The highest BCUT2D eigenvalue weighted by molar-refractivity contribution is 14.0. The van der Waals surface area contributed by atoms with Gasteiger partial charge in [0.1, 0.15) is 12.3 Å². The van der Waals surface area contributed by atoms with Crippen LogP contribution in [0.2, 0.25) is 10.0 Å².